The second kappa shape index (κ2) is 5.70. The van der Waals surface area contributed by atoms with Crippen molar-refractivity contribution in [1.29, 1.82) is 0 Å². The maximum atomic E-state index is 3.52. The Labute approximate surface area is 99.6 Å². The molecule has 0 amide bonds. The van der Waals surface area contributed by atoms with E-state index in [4.69, 9.17) is 0 Å². The van der Waals surface area contributed by atoms with Crippen LogP contribution in [0.15, 0.2) is 0 Å². The van der Waals surface area contributed by atoms with E-state index in [9.17, 15) is 0 Å². The van der Waals surface area contributed by atoms with Crippen molar-refractivity contribution in [2.45, 2.75) is 51.6 Å². The van der Waals surface area contributed by atoms with Gasteiger partial charge in [0.2, 0.25) is 0 Å². The minimum atomic E-state index is 0.454. The fourth-order valence-electron chi connectivity index (χ4n) is 2.46. The zero-order valence-corrected chi connectivity index (χ0v) is 10.6. The lowest BCUT2D eigenvalue weighted by atomic mass is 9.94. The van der Waals surface area contributed by atoms with Gasteiger partial charge < -0.3 is 10.6 Å². The predicted octanol–water partition coefficient (Wildman–Crippen LogP) is 1.77. The van der Waals surface area contributed by atoms with Crippen molar-refractivity contribution in [3.05, 3.63) is 0 Å². The molecule has 2 heterocycles. The molecule has 0 aromatic carbocycles. The van der Waals surface area contributed by atoms with Gasteiger partial charge in [0.1, 0.15) is 0 Å². The second-order valence-electron chi connectivity index (χ2n) is 5.52. The first-order chi connectivity index (χ1) is 7.74. The fraction of sp³-hybridized carbons (Fsp3) is 0.857. The van der Waals surface area contributed by atoms with Crippen LogP contribution >= 0.6 is 0 Å². The summed E-state index contributed by atoms with van der Waals surface area (Å²) >= 11 is 0. The molecule has 90 valence electrons. The molecule has 2 fully saturated rings. The Morgan fingerprint density at radius 3 is 2.38 bits per heavy atom. The summed E-state index contributed by atoms with van der Waals surface area (Å²) in [7, 11) is 0. The van der Waals surface area contributed by atoms with Gasteiger partial charge in [0, 0.05) is 18.5 Å². The average Bonchev–Trinajstić information content (AvgIpc) is 2.30. The van der Waals surface area contributed by atoms with E-state index in [1.807, 2.05) is 0 Å². The molecule has 2 saturated heterocycles. The van der Waals surface area contributed by atoms with Gasteiger partial charge in [0.15, 0.2) is 0 Å². The SMILES string of the molecule is CC1CCC(C#CC2CCC(C)NC2)NC1. The van der Waals surface area contributed by atoms with Crippen molar-refractivity contribution >= 4 is 0 Å². The first-order valence-electron chi connectivity index (χ1n) is 6.72. The van der Waals surface area contributed by atoms with Crippen LogP contribution in [0, 0.1) is 23.7 Å². The van der Waals surface area contributed by atoms with Gasteiger partial charge in [-0.1, -0.05) is 18.8 Å². The van der Waals surface area contributed by atoms with E-state index in [0.717, 1.165) is 19.0 Å². The largest absolute Gasteiger partial charge is 0.313 e. The van der Waals surface area contributed by atoms with Crippen LogP contribution < -0.4 is 10.6 Å². The van der Waals surface area contributed by atoms with Gasteiger partial charge in [-0.2, -0.15) is 0 Å². The second-order valence-corrected chi connectivity index (χ2v) is 5.52. The molecule has 2 aliphatic rings. The third kappa shape index (κ3) is 3.50. The fourth-order valence-corrected chi connectivity index (χ4v) is 2.46. The first-order valence-corrected chi connectivity index (χ1v) is 6.72. The quantitative estimate of drug-likeness (QED) is 0.608. The van der Waals surface area contributed by atoms with E-state index in [0.29, 0.717) is 18.0 Å². The molecule has 0 radical (unpaired) electrons. The lowest BCUT2D eigenvalue weighted by molar-refractivity contribution is 0.363. The summed E-state index contributed by atoms with van der Waals surface area (Å²) in [6.07, 6.45) is 5.09. The monoisotopic (exact) mass is 220 g/mol. The zero-order valence-electron chi connectivity index (χ0n) is 10.6. The lowest BCUT2D eigenvalue weighted by Gasteiger charge is -2.26. The summed E-state index contributed by atoms with van der Waals surface area (Å²) in [6.45, 7) is 6.79. The molecule has 4 unspecified atom stereocenters. The molecule has 2 N–H and O–H groups in total. The molecule has 2 rings (SSSR count). The van der Waals surface area contributed by atoms with Crippen LogP contribution in [-0.4, -0.2) is 25.2 Å². The number of nitrogens with one attached hydrogen (secondary N) is 2. The van der Waals surface area contributed by atoms with Crippen LogP contribution in [0.3, 0.4) is 0 Å². The summed E-state index contributed by atoms with van der Waals surface area (Å²) in [4.78, 5) is 0. The summed E-state index contributed by atoms with van der Waals surface area (Å²) in [5.41, 5.74) is 0. The van der Waals surface area contributed by atoms with Crippen molar-refractivity contribution in [3.63, 3.8) is 0 Å². The molecule has 0 bridgehead atoms. The Hall–Kier alpha value is -0.520. The van der Waals surface area contributed by atoms with Crippen molar-refractivity contribution in [1.82, 2.24) is 10.6 Å². The standard InChI is InChI=1S/C14H24N2/c1-11-3-7-14(16-9-11)8-6-13-5-4-12(2)15-10-13/h11-16H,3-5,7,9-10H2,1-2H3. The van der Waals surface area contributed by atoms with Crippen LogP contribution in [0.25, 0.3) is 0 Å². The summed E-state index contributed by atoms with van der Waals surface area (Å²) in [6, 6.07) is 1.14. The van der Waals surface area contributed by atoms with Crippen molar-refractivity contribution in [2.24, 2.45) is 11.8 Å². The summed E-state index contributed by atoms with van der Waals surface area (Å²) in [5.74, 6) is 8.29. The molecule has 0 aromatic heterocycles. The molecular formula is C14H24N2. The summed E-state index contributed by atoms with van der Waals surface area (Å²) in [5, 5.41) is 7.03. The van der Waals surface area contributed by atoms with E-state index in [2.05, 4.69) is 36.3 Å². The Morgan fingerprint density at radius 2 is 1.75 bits per heavy atom. The van der Waals surface area contributed by atoms with E-state index in [1.54, 1.807) is 0 Å². The average molecular weight is 220 g/mol. The number of hydrogen-bond acceptors (Lipinski definition) is 2. The van der Waals surface area contributed by atoms with Crippen molar-refractivity contribution < 1.29 is 0 Å². The minimum Gasteiger partial charge on any atom is -0.313 e. The Morgan fingerprint density at radius 1 is 0.875 bits per heavy atom. The number of piperidine rings is 2. The van der Waals surface area contributed by atoms with Gasteiger partial charge in [-0.15, -0.1) is 0 Å². The van der Waals surface area contributed by atoms with Crippen LogP contribution in [-0.2, 0) is 0 Å². The van der Waals surface area contributed by atoms with Crippen LogP contribution in [0.5, 0.6) is 0 Å². The maximum Gasteiger partial charge on any atom is 0.0689 e. The molecule has 0 spiro atoms. The third-order valence-electron chi connectivity index (χ3n) is 3.78. The van der Waals surface area contributed by atoms with E-state index in [1.165, 1.54) is 25.7 Å². The lowest BCUT2D eigenvalue weighted by Crippen LogP contribution is -2.38. The molecule has 16 heavy (non-hydrogen) atoms. The molecule has 0 aliphatic carbocycles. The third-order valence-corrected chi connectivity index (χ3v) is 3.78. The van der Waals surface area contributed by atoms with Gasteiger partial charge in [0.05, 0.1) is 6.04 Å². The normalized spacial score (nSPS) is 39.9. The molecule has 2 heteroatoms. The predicted molar refractivity (Wildman–Crippen MR) is 68.2 cm³/mol. The van der Waals surface area contributed by atoms with Crippen LogP contribution in [0.2, 0.25) is 0 Å². The highest BCUT2D eigenvalue weighted by Gasteiger charge is 2.17. The zero-order chi connectivity index (χ0) is 11.4. The number of hydrogen-bond donors (Lipinski definition) is 2. The van der Waals surface area contributed by atoms with E-state index >= 15 is 0 Å². The molecular weight excluding hydrogens is 196 g/mol. The van der Waals surface area contributed by atoms with Gasteiger partial charge in [-0.3, -0.25) is 0 Å². The minimum absolute atomic E-state index is 0.454. The topological polar surface area (TPSA) is 24.1 Å². The molecule has 0 aromatic rings. The first kappa shape index (κ1) is 12.0. The van der Waals surface area contributed by atoms with Crippen molar-refractivity contribution in [3.8, 4) is 11.8 Å². The van der Waals surface area contributed by atoms with E-state index in [-0.39, 0.29) is 0 Å². The smallest absolute Gasteiger partial charge is 0.0689 e. The van der Waals surface area contributed by atoms with Crippen molar-refractivity contribution in [2.75, 3.05) is 13.1 Å². The summed E-state index contributed by atoms with van der Waals surface area (Å²) < 4.78 is 0. The Kier molecular flexibility index (Phi) is 4.26. The molecule has 2 nitrogen and oxygen atoms in total. The van der Waals surface area contributed by atoms with Gasteiger partial charge in [-0.25, -0.2) is 0 Å². The van der Waals surface area contributed by atoms with Crippen LogP contribution in [0.4, 0.5) is 0 Å². The van der Waals surface area contributed by atoms with Gasteiger partial charge >= 0.3 is 0 Å². The highest BCUT2D eigenvalue weighted by atomic mass is 14.9. The van der Waals surface area contributed by atoms with Gasteiger partial charge in [-0.05, 0) is 45.1 Å². The number of rotatable bonds is 0. The van der Waals surface area contributed by atoms with Crippen LogP contribution in [0.1, 0.15) is 39.5 Å². The van der Waals surface area contributed by atoms with Gasteiger partial charge in [0.25, 0.3) is 0 Å². The molecule has 4 atom stereocenters. The van der Waals surface area contributed by atoms with E-state index < -0.39 is 0 Å². The molecule has 0 saturated carbocycles. The Balaban J connectivity index is 1.76. The highest BCUT2D eigenvalue weighted by molar-refractivity contribution is 5.12. The Bertz CT molecular complexity index is 234. The molecule has 2 aliphatic heterocycles. The highest BCUT2D eigenvalue weighted by Crippen LogP contribution is 2.15. The maximum absolute atomic E-state index is 3.52.